The Hall–Kier alpha value is -2.83. The minimum Gasteiger partial charge on any atom is -1.00 e. The number of H-pyrrole nitrogens is 2. The predicted molar refractivity (Wildman–Crippen MR) is 102 cm³/mol. The zero-order chi connectivity index (χ0) is 18.1. The lowest BCUT2D eigenvalue weighted by atomic mass is 10.2. The van der Waals surface area contributed by atoms with E-state index >= 15 is 0 Å². The van der Waals surface area contributed by atoms with E-state index < -0.39 is 0 Å². The normalized spacial score (nSPS) is 10.6. The number of hydrogen-bond acceptors (Lipinski definition) is 4. The number of aromatic amines is 2. The van der Waals surface area contributed by atoms with E-state index in [0.717, 1.165) is 33.8 Å². The van der Waals surface area contributed by atoms with E-state index in [1.807, 2.05) is 48.5 Å². The number of aromatic nitrogens is 2. The lowest BCUT2D eigenvalue weighted by molar-refractivity contribution is -0.00000610. The molecule has 0 aliphatic rings. The number of nitrogens with one attached hydrogen (secondary N) is 3. The van der Waals surface area contributed by atoms with E-state index in [0.29, 0.717) is 17.3 Å². The van der Waals surface area contributed by atoms with E-state index in [2.05, 4.69) is 15.3 Å². The van der Waals surface area contributed by atoms with Crippen molar-refractivity contribution >= 4 is 28.3 Å². The second-order valence-electron chi connectivity index (χ2n) is 5.81. The summed E-state index contributed by atoms with van der Waals surface area (Å²) in [6, 6.07) is 15.0. The highest BCUT2D eigenvalue weighted by molar-refractivity contribution is 6.32. The van der Waals surface area contributed by atoms with Crippen molar-refractivity contribution in [2.24, 2.45) is 0 Å². The quantitative estimate of drug-likeness (QED) is 0.469. The third-order valence-corrected chi connectivity index (χ3v) is 4.38. The van der Waals surface area contributed by atoms with Crippen molar-refractivity contribution < 1.29 is 21.6 Å². The third-order valence-electron chi connectivity index (χ3n) is 4.08. The van der Waals surface area contributed by atoms with Gasteiger partial charge in [0.15, 0.2) is 0 Å². The van der Waals surface area contributed by atoms with E-state index in [1.165, 1.54) is 0 Å². The number of rotatable bonds is 5. The molecule has 0 saturated carbocycles. The van der Waals surface area contributed by atoms with Gasteiger partial charge in [-0.05, 0) is 48.5 Å². The Morgan fingerprint density at radius 3 is 2.67 bits per heavy atom. The molecule has 0 aliphatic heterocycles. The summed E-state index contributed by atoms with van der Waals surface area (Å²) in [5, 5.41) is 3.82. The first-order chi connectivity index (χ1) is 12.6. The molecule has 0 aliphatic carbocycles. The smallest absolute Gasteiger partial charge is 0.323 e. The Kier molecular flexibility index (Phi) is 5.48. The molecule has 6 nitrogen and oxygen atoms in total. The van der Waals surface area contributed by atoms with Gasteiger partial charge in [-0.3, -0.25) is 0 Å². The van der Waals surface area contributed by atoms with Crippen LogP contribution in [-0.2, 0) is 6.54 Å². The maximum absolute atomic E-state index is 11.3. The molecule has 4 aromatic rings. The van der Waals surface area contributed by atoms with Crippen LogP contribution >= 0.6 is 11.6 Å². The van der Waals surface area contributed by atoms with Gasteiger partial charge in [-0.2, -0.15) is 0 Å². The summed E-state index contributed by atoms with van der Waals surface area (Å²) in [7, 11) is 1.58. The number of imidazole rings is 1. The molecule has 0 unspecified atom stereocenters. The van der Waals surface area contributed by atoms with Crippen LogP contribution in [0.15, 0.2) is 57.7 Å². The van der Waals surface area contributed by atoms with Gasteiger partial charge in [0.1, 0.15) is 17.3 Å². The summed E-state index contributed by atoms with van der Waals surface area (Å²) in [4.78, 5) is 16.8. The van der Waals surface area contributed by atoms with Gasteiger partial charge >= 0.3 is 5.69 Å². The van der Waals surface area contributed by atoms with E-state index in [-0.39, 0.29) is 18.1 Å². The van der Waals surface area contributed by atoms with Crippen molar-refractivity contribution in [3.05, 3.63) is 69.8 Å². The zero-order valence-electron chi connectivity index (χ0n) is 14.3. The topological polar surface area (TPSA) is 83.0 Å². The molecule has 0 saturated heterocycles. The molecular formula is C19H16Cl2N3O3-. The highest BCUT2D eigenvalue weighted by Gasteiger charge is 2.08. The van der Waals surface area contributed by atoms with Crippen LogP contribution in [0, 0.1) is 0 Å². The fourth-order valence-corrected chi connectivity index (χ4v) is 3.04. The van der Waals surface area contributed by atoms with Crippen molar-refractivity contribution in [3.63, 3.8) is 0 Å². The number of hydrogen-bond donors (Lipinski definition) is 3. The van der Waals surface area contributed by atoms with Gasteiger partial charge in [0.2, 0.25) is 0 Å². The Balaban J connectivity index is 0.00000210. The van der Waals surface area contributed by atoms with E-state index in [4.69, 9.17) is 20.8 Å². The summed E-state index contributed by atoms with van der Waals surface area (Å²) in [6.07, 6.45) is 0. The summed E-state index contributed by atoms with van der Waals surface area (Å²) >= 11 is 6.17. The van der Waals surface area contributed by atoms with Crippen LogP contribution in [-0.4, -0.2) is 17.1 Å². The molecule has 2 heterocycles. The third kappa shape index (κ3) is 3.97. The molecule has 0 amide bonds. The highest BCUT2D eigenvalue weighted by atomic mass is 35.5. The average Bonchev–Trinajstić information content (AvgIpc) is 3.25. The number of ether oxygens (including phenoxy) is 1. The number of furan rings is 1. The monoisotopic (exact) mass is 404 g/mol. The largest absolute Gasteiger partial charge is 1.00 e. The molecule has 0 atom stereocenters. The molecule has 0 spiro atoms. The van der Waals surface area contributed by atoms with Crippen LogP contribution in [0.3, 0.4) is 0 Å². The summed E-state index contributed by atoms with van der Waals surface area (Å²) in [5.41, 5.74) is 3.09. The van der Waals surface area contributed by atoms with Crippen LogP contribution in [0.2, 0.25) is 5.02 Å². The molecular weight excluding hydrogens is 389 g/mol. The van der Waals surface area contributed by atoms with Crippen molar-refractivity contribution in [3.8, 4) is 17.1 Å². The summed E-state index contributed by atoms with van der Waals surface area (Å²) in [5.74, 6) is 2.15. The Bertz CT molecular complexity index is 1130. The van der Waals surface area contributed by atoms with Crippen LogP contribution in [0.4, 0.5) is 5.69 Å². The van der Waals surface area contributed by atoms with E-state index in [1.54, 1.807) is 7.11 Å². The Morgan fingerprint density at radius 2 is 1.89 bits per heavy atom. The van der Waals surface area contributed by atoms with Crippen molar-refractivity contribution in [1.29, 1.82) is 0 Å². The van der Waals surface area contributed by atoms with Gasteiger partial charge in [-0.25, -0.2) is 4.79 Å². The maximum atomic E-state index is 11.3. The first kappa shape index (κ1) is 18.9. The van der Waals surface area contributed by atoms with Crippen molar-refractivity contribution in [1.82, 2.24) is 9.97 Å². The zero-order valence-corrected chi connectivity index (χ0v) is 15.8. The number of benzene rings is 2. The van der Waals surface area contributed by atoms with Gasteiger partial charge in [-0.1, -0.05) is 11.6 Å². The molecule has 27 heavy (non-hydrogen) atoms. The molecule has 8 heteroatoms. The molecule has 3 N–H and O–H groups in total. The molecule has 0 radical (unpaired) electrons. The number of methoxy groups -OCH3 is 1. The average molecular weight is 405 g/mol. The molecule has 0 fully saturated rings. The van der Waals surface area contributed by atoms with Gasteiger partial charge in [0, 0.05) is 11.3 Å². The molecule has 2 aromatic heterocycles. The SMILES string of the molecule is COc1ccc(-c2ccc(CNc3ccc4[nH]c(=O)[nH]c4c3)o2)cc1Cl.[Cl-]. The summed E-state index contributed by atoms with van der Waals surface area (Å²) < 4.78 is 11.0. The standard InChI is InChI=1S/C19H16ClN3O3.ClH/c1-25-18-6-2-11(8-14(18)20)17-7-4-13(26-17)10-21-12-3-5-15-16(9-12)23-19(24)22-15;/h2-9,21H,10H2,1H3,(H2,22,23,24);1H/p-1. The fraction of sp³-hybridized carbons (Fsp3) is 0.105. The summed E-state index contributed by atoms with van der Waals surface area (Å²) in [6.45, 7) is 0.518. The van der Waals surface area contributed by atoms with Gasteiger partial charge in [0.05, 0.1) is 29.7 Å². The fourth-order valence-electron chi connectivity index (χ4n) is 2.78. The molecule has 140 valence electrons. The minimum absolute atomic E-state index is 0. The van der Waals surface area contributed by atoms with Crippen LogP contribution in [0.1, 0.15) is 5.76 Å². The highest BCUT2D eigenvalue weighted by Crippen LogP contribution is 2.31. The van der Waals surface area contributed by atoms with Crippen molar-refractivity contribution in [2.75, 3.05) is 12.4 Å². The Morgan fingerprint density at radius 1 is 1.07 bits per heavy atom. The van der Waals surface area contributed by atoms with Gasteiger partial charge in [0.25, 0.3) is 0 Å². The Labute approximate surface area is 165 Å². The maximum Gasteiger partial charge on any atom is 0.323 e. The van der Waals surface area contributed by atoms with E-state index in [9.17, 15) is 4.79 Å². The van der Waals surface area contributed by atoms with Crippen LogP contribution in [0.25, 0.3) is 22.4 Å². The van der Waals surface area contributed by atoms with Crippen LogP contribution < -0.4 is 28.2 Å². The van der Waals surface area contributed by atoms with Crippen LogP contribution in [0.5, 0.6) is 5.75 Å². The van der Waals surface area contributed by atoms with Gasteiger partial charge < -0.3 is 36.8 Å². The minimum atomic E-state index is -0.217. The number of halogens is 2. The second-order valence-corrected chi connectivity index (χ2v) is 6.22. The predicted octanol–water partition coefficient (Wildman–Crippen LogP) is 1.39. The molecule has 0 bridgehead atoms. The molecule has 4 rings (SSSR count). The lowest BCUT2D eigenvalue weighted by Crippen LogP contribution is -3.00. The second kappa shape index (κ2) is 7.82. The van der Waals surface area contributed by atoms with Gasteiger partial charge in [-0.15, -0.1) is 0 Å². The lowest BCUT2D eigenvalue weighted by Gasteiger charge is -2.05. The number of fused-ring (bicyclic) bond motifs is 1. The first-order valence-corrected chi connectivity index (χ1v) is 8.39. The molecule has 2 aromatic carbocycles. The number of anilines is 1. The first-order valence-electron chi connectivity index (χ1n) is 8.01. The van der Waals surface area contributed by atoms with Crippen molar-refractivity contribution in [2.45, 2.75) is 6.54 Å².